The molecule has 0 saturated heterocycles. The molecule has 0 rings (SSSR count). The molecule has 0 saturated carbocycles. The minimum Gasteiger partial charge on any atom is -0.391 e. The van der Waals surface area contributed by atoms with Crippen LogP contribution in [0.5, 0.6) is 0 Å². The van der Waals surface area contributed by atoms with Crippen molar-refractivity contribution in [1.29, 1.82) is 0 Å². The molecule has 0 spiro atoms. The van der Waals surface area contributed by atoms with Crippen LogP contribution >= 0.6 is 7.92 Å². The average Bonchev–Trinajstić information content (AvgIpc) is 2.97. The minimum absolute atomic E-state index is 0.0119. The van der Waals surface area contributed by atoms with Crippen molar-refractivity contribution in [2.45, 2.75) is 194 Å². The van der Waals surface area contributed by atoms with Crippen LogP contribution < -0.4 is 0 Å². The first-order valence-corrected chi connectivity index (χ1v) is 19.4. The summed E-state index contributed by atoms with van der Waals surface area (Å²) in [6.07, 6.45) is 42.1. The Morgan fingerprint density at radius 2 is 0.707 bits per heavy atom. The third-order valence-corrected chi connectivity index (χ3v) is 9.98. The molecule has 41 heavy (non-hydrogen) atoms. The molecular weight excluding hydrogens is 523 g/mol. The van der Waals surface area contributed by atoms with E-state index in [0.29, 0.717) is 12.8 Å². The summed E-state index contributed by atoms with van der Waals surface area (Å²) in [7, 11) is -1.51. The van der Waals surface area contributed by atoms with Gasteiger partial charge in [0.1, 0.15) is 0 Å². The molecule has 0 aromatic carbocycles. The Balaban J connectivity index is 3.63. The second-order valence-electron chi connectivity index (χ2n) is 12.0. The number of carbonyl (C=O) groups is 2. The number of allylic oxidation sites excluding steroid dienone is 4. The quantitative estimate of drug-likeness (QED) is 0.0468. The summed E-state index contributed by atoms with van der Waals surface area (Å²) in [6.45, 7) is 4.53. The first kappa shape index (κ1) is 40.2. The van der Waals surface area contributed by atoms with Crippen LogP contribution in [0.3, 0.4) is 0 Å². The van der Waals surface area contributed by atoms with Gasteiger partial charge in [-0.15, -0.1) is 0 Å². The smallest absolute Gasteiger partial charge is 0.164 e. The molecular formula is C37H69O3P. The molecule has 0 aromatic heterocycles. The topological polar surface area (TPSA) is 54.4 Å². The van der Waals surface area contributed by atoms with Crippen LogP contribution in [0.1, 0.15) is 194 Å². The summed E-state index contributed by atoms with van der Waals surface area (Å²) in [4.78, 5) is 25.1. The standard InChI is InChI=1S/C37H69O3P/c1-3-5-7-9-11-13-15-17-19-21-23-25-27-29-31-33-36(39)41(35-38)37(40)34-32-30-28-26-24-22-20-18-16-14-12-10-8-6-4-2/h17-20,38H,3-16,21-35H2,1-2H3. The Bertz CT molecular complexity index is 576. The molecule has 3 nitrogen and oxygen atoms in total. The first-order valence-electron chi connectivity index (χ1n) is 17.9. The molecule has 0 radical (unpaired) electrons. The lowest BCUT2D eigenvalue weighted by Gasteiger charge is -2.12. The fourth-order valence-corrected chi connectivity index (χ4v) is 6.71. The zero-order chi connectivity index (χ0) is 30.1. The Labute approximate surface area is 257 Å². The largest absolute Gasteiger partial charge is 0.391 e. The van der Waals surface area contributed by atoms with Crippen molar-refractivity contribution in [3.05, 3.63) is 24.3 Å². The fourth-order valence-electron chi connectivity index (χ4n) is 5.26. The van der Waals surface area contributed by atoms with Gasteiger partial charge < -0.3 is 5.11 Å². The van der Waals surface area contributed by atoms with Crippen LogP contribution in [-0.4, -0.2) is 22.5 Å². The molecule has 0 amide bonds. The number of hydrogen-bond acceptors (Lipinski definition) is 3. The fraction of sp³-hybridized carbons (Fsp3) is 0.838. The third kappa shape index (κ3) is 29.1. The Morgan fingerprint density at radius 3 is 1.00 bits per heavy atom. The lowest BCUT2D eigenvalue weighted by atomic mass is 10.1. The molecule has 0 fully saturated rings. The van der Waals surface area contributed by atoms with Crippen molar-refractivity contribution in [2.75, 3.05) is 6.35 Å². The van der Waals surface area contributed by atoms with E-state index in [1.165, 1.54) is 116 Å². The average molecular weight is 593 g/mol. The molecule has 1 N–H and O–H groups in total. The van der Waals surface area contributed by atoms with Crippen LogP contribution in [0, 0.1) is 0 Å². The van der Waals surface area contributed by atoms with E-state index in [1.807, 2.05) is 0 Å². The lowest BCUT2D eigenvalue weighted by molar-refractivity contribution is -0.114. The number of aliphatic hydroxyl groups excluding tert-OH is 1. The second-order valence-corrected chi connectivity index (χ2v) is 14.2. The van der Waals surface area contributed by atoms with Gasteiger partial charge in [-0.25, -0.2) is 0 Å². The highest BCUT2D eigenvalue weighted by molar-refractivity contribution is 7.88. The lowest BCUT2D eigenvalue weighted by Crippen LogP contribution is -2.08. The van der Waals surface area contributed by atoms with Gasteiger partial charge >= 0.3 is 0 Å². The van der Waals surface area contributed by atoms with E-state index >= 15 is 0 Å². The van der Waals surface area contributed by atoms with Gasteiger partial charge in [0.15, 0.2) is 11.0 Å². The highest BCUT2D eigenvalue weighted by atomic mass is 31.1. The number of rotatable bonds is 33. The maximum Gasteiger partial charge on any atom is 0.164 e. The molecule has 0 unspecified atom stereocenters. The summed E-state index contributed by atoms with van der Waals surface area (Å²) >= 11 is 0. The highest BCUT2D eigenvalue weighted by Crippen LogP contribution is 2.40. The zero-order valence-corrected chi connectivity index (χ0v) is 28.4. The zero-order valence-electron chi connectivity index (χ0n) is 27.5. The number of aliphatic hydroxyl groups is 1. The van der Waals surface area contributed by atoms with Crippen molar-refractivity contribution >= 4 is 19.0 Å². The van der Waals surface area contributed by atoms with Crippen molar-refractivity contribution < 1.29 is 14.7 Å². The molecule has 0 heterocycles. The van der Waals surface area contributed by atoms with Crippen molar-refractivity contribution in [1.82, 2.24) is 0 Å². The third-order valence-electron chi connectivity index (χ3n) is 8.05. The molecule has 0 atom stereocenters. The van der Waals surface area contributed by atoms with Crippen LogP contribution in [0.2, 0.25) is 0 Å². The van der Waals surface area contributed by atoms with Crippen LogP contribution in [-0.2, 0) is 9.59 Å². The SMILES string of the molecule is CCCCCCCCC=CCCCCCCCC(=O)P(CO)C(=O)CCCCCCCC=CCCCCCCCC. The normalized spacial score (nSPS) is 12.6. The molecule has 0 aliphatic rings. The van der Waals surface area contributed by atoms with Crippen LogP contribution in [0.4, 0.5) is 0 Å². The van der Waals surface area contributed by atoms with Gasteiger partial charge in [0.05, 0.1) is 14.3 Å². The minimum atomic E-state index is -1.51. The molecule has 240 valence electrons. The maximum atomic E-state index is 12.5. The number of unbranched alkanes of at least 4 members (excludes halogenated alkanes) is 22. The Morgan fingerprint density at radius 1 is 0.439 bits per heavy atom. The summed E-state index contributed by atoms with van der Waals surface area (Å²) in [6, 6.07) is 0. The molecule has 0 bridgehead atoms. The summed E-state index contributed by atoms with van der Waals surface area (Å²) < 4.78 is 0. The second kappa shape index (κ2) is 33.7. The predicted octanol–water partition coefficient (Wildman–Crippen LogP) is 12.5. The van der Waals surface area contributed by atoms with E-state index < -0.39 is 7.92 Å². The van der Waals surface area contributed by atoms with E-state index in [9.17, 15) is 14.7 Å². The van der Waals surface area contributed by atoms with Crippen LogP contribution in [0.25, 0.3) is 0 Å². The van der Waals surface area contributed by atoms with Crippen molar-refractivity contribution in [2.24, 2.45) is 0 Å². The molecule has 0 aliphatic heterocycles. The summed E-state index contributed by atoms with van der Waals surface area (Å²) in [5.41, 5.74) is 0.0238. The highest BCUT2D eigenvalue weighted by Gasteiger charge is 2.24. The van der Waals surface area contributed by atoms with E-state index in [-0.39, 0.29) is 17.4 Å². The predicted molar refractivity (Wildman–Crippen MR) is 183 cm³/mol. The van der Waals surface area contributed by atoms with Gasteiger partial charge in [0.2, 0.25) is 0 Å². The monoisotopic (exact) mass is 592 g/mol. The van der Waals surface area contributed by atoms with Crippen molar-refractivity contribution in [3.63, 3.8) is 0 Å². The van der Waals surface area contributed by atoms with Gasteiger partial charge in [-0.1, -0.05) is 141 Å². The van der Waals surface area contributed by atoms with Crippen LogP contribution in [0.15, 0.2) is 24.3 Å². The molecule has 0 aromatic rings. The van der Waals surface area contributed by atoms with E-state index in [1.54, 1.807) is 0 Å². The number of carbonyl (C=O) groups excluding carboxylic acids is 2. The van der Waals surface area contributed by atoms with Crippen molar-refractivity contribution in [3.8, 4) is 0 Å². The summed E-state index contributed by atoms with van der Waals surface area (Å²) in [5.74, 6) is 0. The summed E-state index contributed by atoms with van der Waals surface area (Å²) in [5, 5.41) is 9.69. The van der Waals surface area contributed by atoms with E-state index in [4.69, 9.17) is 0 Å². The van der Waals surface area contributed by atoms with Gasteiger partial charge in [0, 0.05) is 12.8 Å². The van der Waals surface area contributed by atoms with Gasteiger partial charge in [-0.3, -0.25) is 9.59 Å². The Hall–Kier alpha value is -0.790. The molecule has 4 heteroatoms. The Kier molecular flexibility index (Phi) is 33.1. The van der Waals surface area contributed by atoms with E-state index in [2.05, 4.69) is 38.2 Å². The number of hydrogen-bond donors (Lipinski definition) is 1. The van der Waals surface area contributed by atoms with E-state index in [0.717, 1.165) is 51.4 Å². The van der Waals surface area contributed by atoms with Gasteiger partial charge in [-0.05, 0) is 64.2 Å². The van der Waals surface area contributed by atoms with Gasteiger partial charge in [-0.2, -0.15) is 0 Å². The maximum absolute atomic E-state index is 12.5. The van der Waals surface area contributed by atoms with Gasteiger partial charge in [0.25, 0.3) is 0 Å². The first-order chi connectivity index (χ1) is 20.2. The molecule has 0 aliphatic carbocycles.